The Morgan fingerprint density at radius 1 is 0.932 bits per heavy atom. The number of nitrogens with zero attached hydrogens (tertiary/aromatic N) is 1. The van der Waals surface area contributed by atoms with Crippen molar-refractivity contribution in [3.8, 4) is 11.5 Å². The Kier molecular flexibility index (Phi) is 6.85. The van der Waals surface area contributed by atoms with Crippen LogP contribution in [0.15, 0.2) is 107 Å². The number of hydrogen-bond donors (Lipinski definition) is 1. The highest BCUT2D eigenvalue weighted by Gasteiger charge is 2.56. The first-order chi connectivity index (χ1) is 21.2. The van der Waals surface area contributed by atoms with Gasteiger partial charge in [-0.1, -0.05) is 59.6 Å². The van der Waals surface area contributed by atoms with Crippen LogP contribution in [0.2, 0.25) is 5.02 Å². The van der Waals surface area contributed by atoms with Crippen LogP contribution >= 0.6 is 11.6 Å². The van der Waals surface area contributed by atoms with E-state index in [4.69, 9.17) is 16.3 Å². The molecule has 0 bridgehead atoms. The quantitative estimate of drug-likeness (QED) is 0.209. The van der Waals surface area contributed by atoms with Crippen LogP contribution in [0.3, 0.4) is 0 Å². The van der Waals surface area contributed by atoms with Gasteiger partial charge in [-0.25, -0.2) is 0 Å². The molecule has 44 heavy (non-hydrogen) atoms. The zero-order chi connectivity index (χ0) is 30.7. The molecule has 0 radical (unpaired) electrons. The van der Waals surface area contributed by atoms with Crippen molar-refractivity contribution >= 4 is 40.7 Å². The Morgan fingerprint density at radius 2 is 1.68 bits per heavy atom. The van der Waals surface area contributed by atoms with Crippen molar-refractivity contribution in [1.29, 1.82) is 0 Å². The van der Waals surface area contributed by atoms with E-state index in [1.807, 2.05) is 36.4 Å². The van der Waals surface area contributed by atoms with E-state index >= 15 is 0 Å². The second-order valence-corrected chi connectivity index (χ2v) is 12.1. The van der Waals surface area contributed by atoms with Crippen LogP contribution in [0.4, 0.5) is 5.69 Å². The van der Waals surface area contributed by atoms with Crippen LogP contribution in [0.5, 0.6) is 11.5 Å². The highest BCUT2D eigenvalue weighted by molar-refractivity contribution is 6.31. The molecule has 1 heterocycles. The largest absolute Gasteiger partial charge is 0.507 e. The number of hydrogen-bond acceptors (Lipinski definition) is 6. The maximum absolute atomic E-state index is 14.0. The van der Waals surface area contributed by atoms with E-state index in [2.05, 4.69) is 0 Å². The lowest BCUT2D eigenvalue weighted by molar-refractivity contribution is -0.123. The predicted octanol–water partition coefficient (Wildman–Crippen LogP) is 6.26. The summed E-state index contributed by atoms with van der Waals surface area (Å²) in [6.07, 6.45) is 3.75. The van der Waals surface area contributed by atoms with Crippen molar-refractivity contribution in [2.45, 2.75) is 32.3 Å². The molecule has 1 saturated heterocycles. The number of carbonyl (C=O) groups excluding carboxylic acids is 4. The van der Waals surface area contributed by atoms with Crippen LogP contribution in [-0.4, -0.2) is 28.5 Å². The van der Waals surface area contributed by atoms with Crippen LogP contribution in [0.1, 0.15) is 36.8 Å². The fourth-order valence-corrected chi connectivity index (χ4v) is 7.31. The maximum Gasteiger partial charge on any atom is 0.238 e. The molecule has 4 atom stereocenters. The van der Waals surface area contributed by atoms with Gasteiger partial charge in [0.15, 0.2) is 11.6 Å². The second-order valence-electron chi connectivity index (χ2n) is 11.7. The van der Waals surface area contributed by atoms with Crippen molar-refractivity contribution in [3.63, 3.8) is 0 Å². The number of phenolic OH excluding ortho intramolecular Hbond substituents is 1. The fraction of sp³-hybridized carbons (Fsp3) is 0.222. The van der Waals surface area contributed by atoms with Crippen LogP contribution in [-0.2, 0) is 25.8 Å². The number of aromatic hydroxyl groups is 1. The van der Waals surface area contributed by atoms with Gasteiger partial charge < -0.3 is 9.84 Å². The molecule has 3 aromatic rings. The van der Waals surface area contributed by atoms with E-state index in [0.717, 1.165) is 11.1 Å². The lowest BCUT2D eigenvalue weighted by Gasteiger charge is -2.42. The highest BCUT2D eigenvalue weighted by atomic mass is 35.5. The number of ketones is 2. The number of halogens is 1. The minimum atomic E-state index is -0.749. The molecule has 0 spiro atoms. The van der Waals surface area contributed by atoms with Crippen LogP contribution < -0.4 is 9.64 Å². The van der Waals surface area contributed by atoms with E-state index in [0.29, 0.717) is 51.8 Å². The molecule has 1 fully saturated rings. The predicted molar refractivity (Wildman–Crippen MR) is 164 cm³/mol. The van der Waals surface area contributed by atoms with Gasteiger partial charge in [0.1, 0.15) is 18.1 Å². The number of rotatable bonds is 5. The number of benzene rings is 3. The molecule has 0 unspecified atom stereocenters. The molecular weight excluding hydrogens is 578 g/mol. The standard InChI is InChI=1S/C36H28ClNO6/c1-19-15-30(40)33-28(34(19)41)17-27-24(13-14-26-32(27)36(43)38(35(26)42)22-9-7-21(37)8-10-22)31(33)25-12-11-23(16-29(25)39)44-18-20-5-3-2-4-6-20/h2-13,15-16,26-27,31-32,39H,14,17-18H2,1H3/t26-,27+,31+,32-/m0/s1. The smallest absolute Gasteiger partial charge is 0.238 e. The van der Waals surface area contributed by atoms with Crippen molar-refractivity contribution in [2.24, 2.45) is 17.8 Å². The van der Waals surface area contributed by atoms with E-state index in [-0.39, 0.29) is 35.6 Å². The average Bonchev–Trinajstić information content (AvgIpc) is 3.28. The first-order valence-electron chi connectivity index (χ1n) is 14.6. The summed E-state index contributed by atoms with van der Waals surface area (Å²) in [4.78, 5) is 55.9. The zero-order valence-corrected chi connectivity index (χ0v) is 24.6. The Labute approximate surface area is 259 Å². The van der Waals surface area contributed by atoms with Gasteiger partial charge in [0.2, 0.25) is 11.8 Å². The molecule has 8 heteroatoms. The third-order valence-corrected chi connectivity index (χ3v) is 9.46. The molecule has 2 amide bonds. The maximum atomic E-state index is 14.0. The number of ether oxygens (including phenoxy) is 1. The van der Waals surface area contributed by atoms with Crippen molar-refractivity contribution in [2.75, 3.05) is 4.90 Å². The average molecular weight is 606 g/mol. The Hall–Kier alpha value is -4.75. The Morgan fingerprint density at radius 3 is 2.41 bits per heavy atom. The lowest BCUT2D eigenvalue weighted by Crippen LogP contribution is -2.39. The first kappa shape index (κ1) is 28.0. The molecule has 1 aliphatic heterocycles. The SMILES string of the molecule is CC1=CC(=O)C2=C(C[C@@H]3C(=CC[C@@H]4C(=O)N(c5ccc(Cl)cc5)C(=O)[C@@H]43)[C@@H]2c2ccc(OCc3ccccc3)cc2O)C1=O. The number of imide groups is 1. The minimum Gasteiger partial charge on any atom is -0.507 e. The second kappa shape index (κ2) is 10.8. The summed E-state index contributed by atoms with van der Waals surface area (Å²) in [7, 11) is 0. The summed E-state index contributed by atoms with van der Waals surface area (Å²) < 4.78 is 5.91. The molecule has 3 aromatic carbocycles. The van der Waals surface area contributed by atoms with Gasteiger partial charge in [0.05, 0.1) is 17.5 Å². The number of amides is 2. The van der Waals surface area contributed by atoms with Gasteiger partial charge in [-0.15, -0.1) is 0 Å². The number of Topliss-reactive ketones (excluding diaryl/α,β-unsaturated/α-hetero) is 1. The number of carbonyl (C=O) groups is 4. The topological polar surface area (TPSA) is 101 Å². The zero-order valence-electron chi connectivity index (χ0n) is 23.8. The third-order valence-electron chi connectivity index (χ3n) is 9.21. The minimum absolute atomic E-state index is 0.0841. The van der Waals surface area contributed by atoms with Crippen molar-refractivity contribution < 1.29 is 29.0 Å². The molecule has 7 nitrogen and oxygen atoms in total. The number of phenols is 1. The lowest BCUT2D eigenvalue weighted by atomic mass is 9.59. The monoisotopic (exact) mass is 605 g/mol. The number of allylic oxidation sites excluding steroid dienone is 6. The van der Waals surface area contributed by atoms with Gasteiger partial charge in [0.25, 0.3) is 0 Å². The fourth-order valence-electron chi connectivity index (χ4n) is 7.18. The van der Waals surface area contributed by atoms with E-state index in [1.165, 1.54) is 17.0 Å². The Balaban J connectivity index is 1.28. The van der Waals surface area contributed by atoms with Crippen molar-refractivity contribution in [3.05, 3.63) is 123 Å². The first-order valence-corrected chi connectivity index (χ1v) is 14.9. The Bertz CT molecular complexity index is 1840. The molecule has 0 saturated carbocycles. The van der Waals surface area contributed by atoms with Crippen LogP contribution in [0.25, 0.3) is 0 Å². The summed E-state index contributed by atoms with van der Waals surface area (Å²) in [6.45, 7) is 1.92. The molecule has 1 N–H and O–H groups in total. The van der Waals surface area contributed by atoms with Gasteiger partial charge in [-0.05, 0) is 67.7 Å². The summed E-state index contributed by atoms with van der Waals surface area (Å²) in [5.74, 6) is -3.35. The van der Waals surface area contributed by atoms with Gasteiger partial charge in [-0.3, -0.25) is 24.1 Å². The molecule has 0 aromatic heterocycles. The van der Waals surface area contributed by atoms with Gasteiger partial charge in [-0.2, -0.15) is 0 Å². The number of anilines is 1. The number of fused-ring (bicyclic) bond motifs is 3. The van der Waals surface area contributed by atoms with Crippen LogP contribution in [0, 0.1) is 17.8 Å². The van der Waals surface area contributed by atoms with Gasteiger partial charge >= 0.3 is 0 Å². The molecule has 4 aliphatic rings. The normalized spacial score (nSPS) is 24.5. The van der Waals surface area contributed by atoms with Gasteiger partial charge in [0, 0.05) is 39.3 Å². The van der Waals surface area contributed by atoms with E-state index in [1.54, 1.807) is 43.3 Å². The molecule has 220 valence electrons. The molecule has 7 rings (SSSR count). The summed E-state index contributed by atoms with van der Waals surface area (Å²) in [6, 6.07) is 21.2. The summed E-state index contributed by atoms with van der Waals surface area (Å²) in [5.41, 5.74) is 3.63. The van der Waals surface area contributed by atoms with E-state index in [9.17, 15) is 24.3 Å². The third kappa shape index (κ3) is 4.50. The molecule has 3 aliphatic carbocycles. The summed E-state index contributed by atoms with van der Waals surface area (Å²) in [5, 5.41) is 11.8. The highest BCUT2D eigenvalue weighted by Crippen LogP contribution is 2.56. The molecular formula is C36H28ClNO6. The van der Waals surface area contributed by atoms with E-state index < -0.39 is 23.7 Å². The van der Waals surface area contributed by atoms with Crippen molar-refractivity contribution in [1.82, 2.24) is 0 Å². The summed E-state index contributed by atoms with van der Waals surface area (Å²) >= 11 is 6.05.